The van der Waals surface area contributed by atoms with Gasteiger partial charge in [0.1, 0.15) is 36.7 Å². The van der Waals surface area contributed by atoms with E-state index < -0.39 is 16.4 Å². The van der Waals surface area contributed by atoms with Crippen molar-refractivity contribution in [2.75, 3.05) is 46.0 Å². The lowest BCUT2D eigenvalue weighted by Crippen LogP contribution is -2.15. The lowest BCUT2D eigenvalue weighted by Gasteiger charge is -2.15. The maximum absolute atomic E-state index is 13.5. The van der Waals surface area contributed by atoms with Crippen LogP contribution < -0.4 is 19.0 Å². The van der Waals surface area contributed by atoms with Crippen molar-refractivity contribution in [2.45, 2.75) is 6.54 Å². The molecule has 0 aliphatic rings. The second-order valence-electron chi connectivity index (χ2n) is 9.64. The van der Waals surface area contributed by atoms with Crippen molar-refractivity contribution in [3.05, 3.63) is 84.4 Å². The number of nitrogens with zero attached hydrogens (tertiary/aromatic N) is 5. The molecule has 0 fully saturated rings. The van der Waals surface area contributed by atoms with Crippen molar-refractivity contribution in [1.29, 1.82) is 0 Å². The number of para-hydroxylation sites is 1. The SMILES string of the molecule is COCCOc1cc2ncnc(C(=O)Nc3cccc(-c4cn(Cc5ccccc5OS(=O)(=O)F)nn4)c3)c2cc1OCCOC. The zero-order valence-corrected chi connectivity index (χ0v) is 25.6. The van der Waals surface area contributed by atoms with Crippen LogP contribution in [0.3, 0.4) is 0 Å². The Balaban J connectivity index is 1.35. The third-order valence-corrected chi connectivity index (χ3v) is 6.83. The van der Waals surface area contributed by atoms with E-state index in [9.17, 15) is 17.1 Å². The molecule has 5 rings (SSSR count). The van der Waals surface area contributed by atoms with Gasteiger partial charge >= 0.3 is 10.5 Å². The Morgan fingerprint density at radius 3 is 2.37 bits per heavy atom. The summed E-state index contributed by atoms with van der Waals surface area (Å²) >= 11 is 0. The van der Waals surface area contributed by atoms with Crippen LogP contribution >= 0.6 is 0 Å². The van der Waals surface area contributed by atoms with Gasteiger partial charge in [-0.3, -0.25) is 4.79 Å². The second-order valence-corrected chi connectivity index (χ2v) is 10.6. The van der Waals surface area contributed by atoms with Crippen molar-refractivity contribution >= 4 is 33.0 Å². The Labute approximate surface area is 263 Å². The van der Waals surface area contributed by atoms with E-state index in [1.807, 2.05) is 0 Å². The average molecular weight is 653 g/mol. The minimum absolute atomic E-state index is 0.0617. The first-order valence-electron chi connectivity index (χ1n) is 13.8. The van der Waals surface area contributed by atoms with E-state index in [1.54, 1.807) is 68.9 Å². The first-order chi connectivity index (χ1) is 22.2. The summed E-state index contributed by atoms with van der Waals surface area (Å²) in [5.41, 5.74) is 2.55. The van der Waals surface area contributed by atoms with Crippen LogP contribution in [0.1, 0.15) is 16.1 Å². The quantitative estimate of drug-likeness (QED) is 0.129. The van der Waals surface area contributed by atoms with Gasteiger partial charge in [-0.15, -0.1) is 5.10 Å². The third-order valence-electron chi connectivity index (χ3n) is 6.46. The van der Waals surface area contributed by atoms with Gasteiger partial charge in [0.05, 0.1) is 31.5 Å². The highest BCUT2D eigenvalue weighted by Crippen LogP contribution is 2.33. The molecule has 0 spiro atoms. The van der Waals surface area contributed by atoms with Gasteiger partial charge in [0, 0.05) is 42.5 Å². The number of nitrogens with one attached hydrogen (secondary N) is 1. The van der Waals surface area contributed by atoms with Gasteiger partial charge < -0.3 is 28.4 Å². The Bertz CT molecular complexity index is 1940. The van der Waals surface area contributed by atoms with E-state index in [-0.39, 0.29) is 31.2 Å². The van der Waals surface area contributed by atoms with Crippen LogP contribution in [0.15, 0.2) is 73.2 Å². The highest BCUT2D eigenvalue weighted by atomic mass is 32.3. The molecule has 0 saturated carbocycles. The van der Waals surface area contributed by atoms with Gasteiger partial charge in [0.2, 0.25) is 0 Å². The molecule has 0 saturated heterocycles. The van der Waals surface area contributed by atoms with Crippen molar-refractivity contribution in [3.8, 4) is 28.5 Å². The smallest absolute Gasteiger partial charge is 0.487 e. The lowest BCUT2D eigenvalue weighted by molar-refractivity contribution is 0.102. The van der Waals surface area contributed by atoms with Gasteiger partial charge in [0.15, 0.2) is 11.5 Å². The molecule has 0 aliphatic heterocycles. The number of benzene rings is 3. The first-order valence-corrected chi connectivity index (χ1v) is 15.1. The number of rotatable bonds is 15. The number of hydrogen-bond acceptors (Lipinski definition) is 12. The van der Waals surface area contributed by atoms with Crippen molar-refractivity contribution in [1.82, 2.24) is 25.0 Å². The molecule has 0 unspecified atom stereocenters. The van der Waals surface area contributed by atoms with Gasteiger partial charge in [-0.25, -0.2) is 14.6 Å². The molecule has 240 valence electrons. The van der Waals surface area contributed by atoms with E-state index in [0.29, 0.717) is 58.1 Å². The number of amides is 1. The Hall–Kier alpha value is -5.19. The predicted molar refractivity (Wildman–Crippen MR) is 164 cm³/mol. The Morgan fingerprint density at radius 1 is 0.891 bits per heavy atom. The fourth-order valence-corrected chi connectivity index (χ4v) is 4.77. The van der Waals surface area contributed by atoms with E-state index in [4.69, 9.17) is 18.9 Å². The molecular formula is C30H29FN6O8S. The second kappa shape index (κ2) is 14.7. The molecule has 2 aromatic heterocycles. The fourth-order valence-electron chi connectivity index (χ4n) is 4.39. The molecule has 0 atom stereocenters. The van der Waals surface area contributed by atoms with Gasteiger partial charge in [-0.1, -0.05) is 39.4 Å². The lowest BCUT2D eigenvalue weighted by atomic mass is 10.1. The van der Waals surface area contributed by atoms with Crippen LogP contribution in [0.5, 0.6) is 17.2 Å². The molecule has 1 N–H and O–H groups in total. The molecule has 16 heteroatoms. The number of fused-ring (bicyclic) bond motifs is 1. The maximum atomic E-state index is 13.5. The number of anilines is 1. The van der Waals surface area contributed by atoms with Crippen LogP contribution in [-0.2, 0) is 26.5 Å². The van der Waals surface area contributed by atoms with E-state index in [1.165, 1.54) is 23.1 Å². The van der Waals surface area contributed by atoms with Gasteiger partial charge in [0.25, 0.3) is 5.91 Å². The van der Waals surface area contributed by atoms with Gasteiger partial charge in [-0.05, 0) is 24.3 Å². The summed E-state index contributed by atoms with van der Waals surface area (Å²) in [6.07, 6.45) is 2.92. The van der Waals surface area contributed by atoms with E-state index >= 15 is 0 Å². The molecule has 0 radical (unpaired) electrons. The molecule has 14 nitrogen and oxygen atoms in total. The number of carbonyl (C=O) groups excluding carboxylic acids is 1. The zero-order valence-electron chi connectivity index (χ0n) is 24.8. The van der Waals surface area contributed by atoms with E-state index in [0.717, 1.165) is 0 Å². The number of methoxy groups -OCH3 is 2. The number of ether oxygens (including phenoxy) is 4. The average Bonchev–Trinajstić information content (AvgIpc) is 3.50. The molecule has 2 heterocycles. The topological polar surface area (TPSA) is 166 Å². The summed E-state index contributed by atoms with van der Waals surface area (Å²) in [5, 5.41) is 11.6. The van der Waals surface area contributed by atoms with Crippen LogP contribution in [0.2, 0.25) is 0 Å². The predicted octanol–water partition coefficient (Wildman–Crippen LogP) is 3.83. The standard InChI is InChI=1S/C30H29FN6O8S/c1-41-10-12-43-27-15-23-24(16-28(27)44-13-11-42-2)32-19-33-29(23)30(38)34-22-8-5-7-20(14-22)25-18-37(36-35-25)17-21-6-3-4-9-26(21)45-46(31,39)40/h3-9,14-16,18-19H,10-13,17H2,1-2H3,(H,34,38). The largest absolute Gasteiger partial charge is 0.488 e. The molecule has 3 aromatic carbocycles. The van der Waals surface area contributed by atoms with Gasteiger partial charge in [-0.2, -0.15) is 8.42 Å². The summed E-state index contributed by atoms with van der Waals surface area (Å²) in [7, 11) is -2.06. The summed E-state index contributed by atoms with van der Waals surface area (Å²) in [5.74, 6) is 0.195. The van der Waals surface area contributed by atoms with Crippen LogP contribution in [-0.4, -0.2) is 79.9 Å². The summed E-state index contributed by atoms with van der Waals surface area (Å²) in [6, 6.07) is 16.4. The van der Waals surface area contributed by atoms with Crippen LogP contribution in [0, 0.1) is 0 Å². The van der Waals surface area contributed by atoms with Crippen LogP contribution in [0.4, 0.5) is 9.57 Å². The summed E-state index contributed by atoms with van der Waals surface area (Å²) in [6.45, 7) is 1.33. The minimum Gasteiger partial charge on any atom is -0.487 e. The van der Waals surface area contributed by atoms with Crippen LogP contribution in [0.25, 0.3) is 22.2 Å². The maximum Gasteiger partial charge on any atom is 0.488 e. The summed E-state index contributed by atoms with van der Waals surface area (Å²) < 4.78 is 62.8. The number of carbonyl (C=O) groups is 1. The minimum atomic E-state index is -5.20. The normalized spacial score (nSPS) is 11.4. The zero-order chi connectivity index (χ0) is 32.5. The summed E-state index contributed by atoms with van der Waals surface area (Å²) in [4.78, 5) is 22.0. The number of hydrogen-bond donors (Lipinski definition) is 1. The first kappa shape index (κ1) is 32.2. The number of aromatic nitrogens is 5. The van der Waals surface area contributed by atoms with Crippen molar-refractivity contribution < 1.29 is 40.2 Å². The molecule has 1 amide bonds. The Morgan fingerprint density at radius 2 is 1.63 bits per heavy atom. The molecule has 0 bridgehead atoms. The van der Waals surface area contributed by atoms with Crippen molar-refractivity contribution in [3.63, 3.8) is 0 Å². The molecule has 5 aromatic rings. The highest BCUT2D eigenvalue weighted by Gasteiger charge is 2.18. The van der Waals surface area contributed by atoms with E-state index in [2.05, 4.69) is 29.8 Å². The third kappa shape index (κ3) is 8.29. The van der Waals surface area contributed by atoms with Crippen molar-refractivity contribution in [2.24, 2.45) is 0 Å². The Kier molecular flexibility index (Phi) is 10.3. The number of halogens is 1. The molecular weight excluding hydrogens is 623 g/mol. The fraction of sp³-hybridized carbons (Fsp3) is 0.233. The monoisotopic (exact) mass is 652 g/mol. The highest BCUT2D eigenvalue weighted by molar-refractivity contribution is 7.81. The molecule has 46 heavy (non-hydrogen) atoms. The molecule has 0 aliphatic carbocycles.